The summed E-state index contributed by atoms with van der Waals surface area (Å²) in [6.45, 7) is 2.74. The van der Waals surface area contributed by atoms with Crippen molar-refractivity contribution in [3.63, 3.8) is 0 Å². The summed E-state index contributed by atoms with van der Waals surface area (Å²) in [6.07, 6.45) is 6.05. The number of nitrogens with one attached hydrogen (secondary N) is 2. The first-order valence-electron chi connectivity index (χ1n) is 9.26. The van der Waals surface area contributed by atoms with Crippen molar-refractivity contribution in [3.05, 3.63) is 23.4 Å². The van der Waals surface area contributed by atoms with Gasteiger partial charge in [0, 0.05) is 24.2 Å². The third-order valence-corrected chi connectivity index (χ3v) is 5.24. The van der Waals surface area contributed by atoms with Crippen LogP contribution in [0.15, 0.2) is 12.1 Å². The molecule has 0 unspecified atom stereocenters. The van der Waals surface area contributed by atoms with E-state index < -0.39 is 5.97 Å². The molecule has 6 heteroatoms. The van der Waals surface area contributed by atoms with E-state index in [9.17, 15) is 9.59 Å². The van der Waals surface area contributed by atoms with Gasteiger partial charge in [0.1, 0.15) is 5.82 Å². The topological polar surface area (TPSA) is 91.3 Å². The van der Waals surface area contributed by atoms with Crippen LogP contribution in [0.25, 0.3) is 0 Å². The molecule has 0 radical (unpaired) electrons. The number of carbonyl (C=O) groups is 2. The molecule has 1 aliphatic carbocycles. The average molecular weight is 345 g/mol. The Morgan fingerprint density at radius 1 is 1.40 bits per heavy atom. The second-order valence-electron chi connectivity index (χ2n) is 7.42. The van der Waals surface area contributed by atoms with Gasteiger partial charge in [0.15, 0.2) is 0 Å². The number of aliphatic carboxylic acids is 1. The number of aryl methyl sites for hydroxylation is 2. The van der Waals surface area contributed by atoms with Crippen molar-refractivity contribution in [2.24, 2.45) is 11.8 Å². The zero-order valence-corrected chi connectivity index (χ0v) is 14.8. The van der Waals surface area contributed by atoms with Crippen LogP contribution in [0, 0.1) is 11.8 Å². The first kappa shape index (κ1) is 17.7. The van der Waals surface area contributed by atoms with Gasteiger partial charge in [-0.3, -0.25) is 9.59 Å². The predicted molar refractivity (Wildman–Crippen MR) is 95.4 cm³/mol. The molecule has 1 aromatic heterocycles. The summed E-state index contributed by atoms with van der Waals surface area (Å²) < 4.78 is 0. The van der Waals surface area contributed by atoms with Crippen LogP contribution in [0.2, 0.25) is 0 Å². The van der Waals surface area contributed by atoms with Crippen molar-refractivity contribution >= 4 is 17.7 Å². The number of amides is 1. The number of carbonyl (C=O) groups excluding carboxylic acids is 1. The van der Waals surface area contributed by atoms with Gasteiger partial charge in [-0.05, 0) is 63.0 Å². The molecule has 0 spiro atoms. The number of anilines is 1. The van der Waals surface area contributed by atoms with E-state index in [1.165, 1.54) is 12.0 Å². The molecule has 1 aliphatic heterocycles. The normalized spacial score (nSPS) is 22.9. The molecule has 1 aromatic rings. The lowest BCUT2D eigenvalue weighted by atomic mass is 9.72. The lowest BCUT2D eigenvalue weighted by Crippen LogP contribution is -2.43. The first-order valence-corrected chi connectivity index (χ1v) is 9.26. The number of nitrogens with zero attached hydrogens (tertiary/aromatic N) is 1. The molecule has 1 fully saturated rings. The zero-order chi connectivity index (χ0) is 17.8. The van der Waals surface area contributed by atoms with E-state index in [1.807, 2.05) is 0 Å². The number of carboxylic acids is 1. The number of pyridine rings is 1. The van der Waals surface area contributed by atoms with Gasteiger partial charge in [-0.25, -0.2) is 4.98 Å². The Labute approximate surface area is 148 Å². The molecule has 0 bridgehead atoms. The Morgan fingerprint density at radius 3 is 2.96 bits per heavy atom. The van der Waals surface area contributed by atoms with Crippen LogP contribution < -0.4 is 10.6 Å². The van der Waals surface area contributed by atoms with E-state index in [4.69, 9.17) is 10.1 Å². The van der Waals surface area contributed by atoms with Gasteiger partial charge in [0.25, 0.3) is 0 Å². The molecule has 1 amide bonds. The summed E-state index contributed by atoms with van der Waals surface area (Å²) >= 11 is 0. The molecule has 3 rings (SSSR count). The van der Waals surface area contributed by atoms with Gasteiger partial charge in [0.05, 0.1) is 6.42 Å². The fourth-order valence-corrected chi connectivity index (χ4v) is 3.72. The minimum absolute atomic E-state index is 0.00102. The lowest BCUT2D eigenvalue weighted by Gasteiger charge is -2.35. The van der Waals surface area contributed by atoms with Gasteiger partial charge in [-0.15, -0.1) is 0 Å². The number of fused-ring (bicyclic) bond motifs is 1. The average Bonchev–Trinajstić information content (AvgIpc) is 2.52. The molecule has 136 valence electrons. The van der Waals surface area contributed by atoms with E-state index in [0.717, 1.165) is 50.2 Å². The van der Waals surface area contributed by atoms with Crippen molar-refractivity contribution in [3.8, 4) is 0 Å². The van der Waals surface area contributed by atoms with Crippen LogP contribution in [0.3, 0.4) is 0 Å². The Bertz CT molecular complexity index is 641. The van der Waals surface area contributed by atoms with E-state index in [2.05, 4.69) is 22.8 Å². The van der Waals surface area contributed by atoms with Crippen molar-refractivity contribution in [2.75, 3.05) is 11.9 Å². The second kappa shape index (κ2) is 7.85. The largest absolute Gasteiger partial charge is 0.481 e. The highest BCUT2D eigenvalue weighted by Crippen LogP contribution is 2.37. The first-order chi connectivity index (χ1) is 12.0. The van der Waals surface area contributed by atoms with Crippen LogP contribution in [0.1, 0.15) is 50.3 Å². The molecule has 1 atom stereocenters. The smallest absolute Gasteiger partial charge is 0.305 e. The fraction of sp³-hybridized carbons (Fsp3) is 0.632. The summed E-state index contributed by atoms with van der Waals surface area (Å²) in [5.41, 5.74) is 2.43. The molecule has 6 nitrogen and oxygen atoms in total. The van der Waals surface area contributed by atoms with Crippen molar-refractivity contribution < 1.29 is 14.7 Å². The highest BCUT2D eigenvalue weighted by Gasteiger charge is 2.34. The molecule has 25 heavy (non-hydrogen) atoms. The Morgan fingerprint density at radius 2 is 2.20 bits per heavy atom. The van der Waals surface area contributed by atoms with Crippen LogP contribution >= 0.6 is 0 Å². The van der Waals surface area contributed by atoms with Gasteiger partial charge in [-0.2, -0.15) is 0 Å². The summed E-state index contributed by atoms with van der Waals surface area (Å²) in [7, 11) is 0. The quantitative estimate of drug-likeness (QED) is 0.706. The van der Waals surface area contributed by atoms with Crippen LogP contribution in [-0.4, -0.2) is 34.6 Å². The molecule has 3 N–H and O–H groups in total. The van der Waals surface area contributed by atoms with Crippen molar-refractivity contribution in [1.82, 2.24) is 10.3 Å². The van der Waals surface area contributed by atoms with Crippen molar-refractivity contribution in [2.45, 2.75) is 57.9 Å². The van der Waals surface area contributed by atoms with Crippen LogP contribution in [0.4, 0.5) is 5.82 Å². The monoisotopic (exact) mass is 345 g/mol. The minimum Gasteiger partial charge on any atom is -0.481 e. The fourth-order valence-electron chi connectivity index (χ4n) is 3.72. The SMILES string of the molecule is C[C@H](CC(=O)O)NC(=O)C1CC(CCc2ccc3c(n2)NCCC3)C1. The minimum atomic E-state index is -0.883. The van der Waals surface area contributed by atoms with Gasteiger partial charge in [-0.1, -0.05) is 6.07 Å². The molecule has 1 saturated carbocycles. The number of hydrogen-bond acceptors (Lipinski definition) is 4. The van der Waals surface area contributed by atoms with Crippen LogP contribution in [0.5, 0.6) is 0 Å². The maximum Gasteiger partial charge on any atom is 0.305 e. The maximum atomic E-state index is 12.1. The maximum absolute atomic E-state index is 12.1. The second-order valence-corrected chi connectivity index (χ2v) is 7.42. The molecule has 2 heterocycles. The predicted octanol–water partition coefficient (Wildman–Crippen LogP) is 2.38. The number of carboxylic acid groups (broad SMARTS) is 1. The lowest BCUT2D eigenvalue weighted by molar-refractivity contribution is -0.138. The highest BCUT2D eigenvalue weighted by atomic mass is 16.4. The standard InChI is InChI=1S/C19H27N3O3/c1-12(9-17(23)24)21-19(25)15-10-13(11-15)4-6-16-7-5-14-3-2-8-20-18(14)22-16/h5,7,12-13,15H,2-4,6,8-11H2,1H3,(H,20,22)(H,21,25)(H,23,24)/t12-,13?,15?/m1/s1. The summed E-state index contributed by atoms with van der Waals surface area (Å²) in [5.74, 6) is 0.769. The third kappa shape index (κ3) is 4.71. The Balaban J connectivity index is 1.39. The Kier molecular flexibility index (Phi) is 5.56. The molecule has 2 aliphatic rings. The van der Waals surface area contributed by atoms with Gasteiger partial charge in [0.2, 0.25) is 5.91 Å². The number of rotatable bonds is 7. The van der Waals surface area contributed by atoms with Gasteiger partial charge >= 0.3 is 5.97 Å². The van der Waals surface area contributed by atoms with E-state index in [-0.39, 0.29) is 24.3 Å². The Hall–Kier alpha value is -2.11. The summed E-state index contributed by atoms with van der Waals surface area (Å²) in [6, 6.07) is 4.00. The van der Waals surface area contributed by atoms with Crippen molar-refractivity contribution in [1.29, 1.82) is 0 Å². The van der Waals surface area contributed by atoms with Crippen LogP contribution in [-0.2, 0) is 22.4 Å². The van der Waals surface area contributed by atoms with Gasteiger partial charge < -0.3 is 15.7 Å². The molecular formula is C19H27N3O3. The third-order valence-electron chi connectivity index (χ3n) is 5.24. The highest BCUT2D eigenvalue weighted by molar-refractivity contribution is 5.80. The number of aromatic nitrogens is 1. The number of hydrogen-bond donors (Lipinski definition) is 3. The van der Waals surface area contributed by atoms with E-state index in [0.29, 0.717) is 5.92 Å². The molecule has 0 saturated heterocycles. The molecule has 0 aromatic carbocycles. The molecular weight excluding hydrogens is 318 g/mol. The summed E-state index contributed by atoms with van der Waals surface area (Å²) in [5, 5.41) is 14.9. The van der Waals surface area contributed by atoms with E-state index in [1.54, 1.807) is 6.92 Å². The van der Waals surface area contributed by atoms with E-state index >= 15 is 0 Å². The summed E-state index contributed by atoms with van der Waals surface area (Å²) in [4.78, 5) is 27.4. The zero-order valence-electron chi connectivity index (χ0n) is 14.8.